The summed E-state index contributed by atoms with van der Waals surface area (Å²) in [7, 11) is 3.52. The van der Waals surface area contributed by atoms with Gasteiger partial charge in [0, 0.05) is 43.9 Å². The second-order valence-electron chi connectivity index (χ2n) is 9.06. The van der Waals surface area contributed by atoms with Crippen LogP contribution in [-0.4, -0.2) is 67.0 Å². The normalized spacial score (nSPS) is 22.2. The number of aliphatic hydroxyl groups is 2. The second kappa shape index (κ2) is 10.7. The van der Waals surface area contributed by atoms with Gasteiger partial charge in [0.1, 0.15) is 5.75 Å². The van der Waals surface area contributed by atoms with E-state index in [2.05, 4.69) is 34.5 Å². The molecule has 178 valence electrons. The molecular formula is C26H35N3O4. The van der Waals surface area contributed by atoms with Gasteiger partial charge in [-0.3, -0.25) is 9.69 Å². The molecule has 1 fully saturated rings. The van der Waals surface area contributed by atoms with Gasteiger partial charge in [0.25, 0.3) is 0 Å². The largest absolute Gasteiger partial charge is 0.496 e. The van der Waals surface area contributed by atoms with Gasteiger partial charge in [0.15, 0.2) is 0 Å². The van der Waals surface area contributed by atoms with E-state index < -0.39 is 6.10 Å². The Morgan fingerprint density at radius 1 is 1.21 bits per heavy atom. The smallest absolute Gasteiger partial charge is 0.227 e. The van der Waals surface area contributed by atoms with E-state index in [1.807, 2.05) is 25.2 Å². The summed E-state index contributed by atoms with van der Waals surface area (Å²) >= 11 is 0. The zero-order valence-corrected chi connectivity index (χ0v) is 19.5. The van der Waals surface area contributed by atoms with Crippen molar-refractivity contribution in [3.63, 3.8) is 0 Å². The third-order valence-electron chi connectivity index (χ3n) is 6.91. The van der Waals surface area contributed by atoms with Crippen LogP contribution in [0.5, 0.6) is 5.75 Å². The molecular weight excluding hydrogens is 418 g/mol. The third-order valence-corrected chi connectivity index (χ3v) is 6.91. The Labute approximate surface area is 196 Å². The zero-order chi connectivity index (χ0) is 23.4. The predicted octanol–water partition coefficient (Wildman–Crippen LogP) is 2.25. The highest BCUT2D eigenvalue weighted by Gasteiger charge is 2.33. The molecule has 1 amide bonds. The fourth-order valence-corrected chi connectivity index (χ4v) is 5.19. The lowest BCUT2D eigenvalue weighted by molar-refractivity contribution is -0.118. The molecule has 2 heterocycles. The minimum absolute atomic E-state index is 0.0917. The number of benzene rings is 2. The molecule has 1 saturated heterocycles. The SMILES string of the molecule is COc1cc2c(cc1CNC1CCCN(CC(O)CO)C1c1ccccc1)N(C)C(=O)CC2. The number of aryl methyl sites for hydroxylation is 1. The number of aliphatic hydroxyl groups excluding tert-OH is 2. The van der Waals surface area contributed by atoms with Crippen LogP contribution in [0.3, 0.4) is 0 Å². The molecule has 0 saturated carbocycles. The maximum absolute atomic E-state index is 12.2. The molecule has 0 aliphatic carbocycles. The van der Waals surface area contributed by atoms with Crippen LogP contribution in [0.15, 0.2) is 42.5 Å². The number of amides is 1. The topological polar surface area (TPSA) is 85.3 Å². The predicted molar refractivity (Wildman–Crippen MR) is 128 cm³/mol. The first-order valence-electron chi connectivity index (χ1n) is 11.8. The molecule has 7 heteroatoms. The molecule has 0 bridgehead atoms. The van der Waals surface area contributed by atoms with Crippen molar-refractivity contribution in [3.8, 4) is 5.75 Å². The fraction of sp³-hybridized carbons (Fsp3) is 0.500. The summed E-state index contributed by atoms with van der Waals surface area (Å²) in [6.45, 7) is 1.69. The van der Waals surface area contributed by atoms with Gasteiger partial charge in [-0.1, -0.05) is 30.3 Å². The first-order valence-corrected chi connectivity index (χ1v) is 11.8. The van der Waals surface area contributed by atoms with Gasteiger partial charge in [0.05, 0.1) is 25.9 Å². The highest BCUT2D eigenvalue weighted by Crippen LogP contribution is 2.35. The standard InChI is InChI=1S/C26H35N3O4/c1-28-23-13-20(24(33-2)14-19(23)10-11-25(28)32)15-27-22-9-6-12-29(16-21(31)17-30)26(22)18-7-4-3-5-8-18/h3-5,7-8,13-14,21-22,26-27,30-31H,6,9-12,15-17H2,1-2H3. The number of fused-ring (bicyclic) bond motifs is 1. The van der Waals surface area contributed by atoms with E-state index in [9.17, 15) is 15.0 Å². The Kier molecular flexibility index (Phi) is 7.65. The van der Waals surface area contributed by atoms with Crippen LogP contribution in [-0.2, 0) is 17.8 Å². The highest BCUT2D eigenvalue weighted by atomic mass is 16.5. The van der Waals surface area contributed by atoms with E-state index in [0.29, 0.717) is 19.5 Å². The van der Waals surface area contributed by atoms with Crippen molar-refractivity contribution < 1.29 is 19.7 Å². The molecule has 4 rings (SSSR count). The van der Waals surface area contributed by atoms with Crippen molar-refractivity contribution in [1.29, 1.82) is 0 Å². The summed E-state index contributed by atoms with van der Waals surface area (Å²) in [5.74, 6) is 0.977. The molecule has 7 nitrogen and oxygen atoms in total. The Hall–Kier alpha value is -2.45. The third kappa shape index (κ3) is 5.22. The first-order chi connectivity index (χ1) is 16.0. The number of hydrogen-bond donors (Lipinski definition) is 3. The molecule has 2 aromatic rings. The van der Waals surface area contributed by atoms with Crippen LogP contribution in [0, 0.1) is 0 Å². The van der Waals surface area contributed by atoms with E-state index >= 15 is 0 Å². The maximum Gasteiger partial charge on any atom is 0.227 e. The minimum Gasteiger partial charge on any atom is -0.496 e. The lowest BCUT2D eigenvalue weighted by atomic mass is 9.89. The summed E-state index contributed by atoms with van der Waals surface area (Å²) in [5, 5.41) is 23.3. The fourth-order valence-electron chi connectivity index (χ4n) is 5.19. The van der Waals surface area contributed by atoms with Crippen LogP contribution in [0.25, 0.3) is 0 Å². The lowest BCUT2D eigenvalue weighted by Gasteiger charge is -2.43. The maximum atomic E-state index is 12.2. The molecule has 0 aromatic heterocycles. The van der Waals surface area contributed by atoms with Crippen LogP contribution in [0.4, 0.5) is 5.69 Å². The van der Waals surface area contributed by atoms with Crippen molar-refractivity contribution in [2.45, 2.75) is 50.4 Å². The molecule has 0 spiro atoms. The van der Waals surface area contributed by atoms with Crippen LogP contribution < -0.4 is 15.0 Å². The Bertz CT molecular complexity index is 952. The van der Waals surface area contributed by atoms with E-state index in [-0.39, 0.29) is 24.6 Å². The van der Waals surface area contributed by atoms with Gasteiger partial charge in [-0.25, -0.2) is 0 Å². The van der Waals surface area contributed by atoms with Crippen molar-refractivity contribution in [3.05, 3.63) is 59.2 Å². The number of nitrogens with zero attached hydrogens (tertiary/aromatic N) is 2. The highest BCUT2D eigenvalue weighted by molar-refractivity contribution is 5.96. The van der Waals surface area contributed by atoms with Gasteiger partial charge in [-0.05, 0) is 49.1 Å². The summed E-state index contributed by atoms with van der Waals surface area (Å²) in [6, 6.07) is 14.8. The number of piperidine rings is 1. The summed E-state index contributed by atoms with van der Waals surface area (Å²) < 4.78 is 5.70. The summed E-state index contributed by atoms with van der Waals surface area (Å²) in [4.78, 5) is 16.2. The second-order valence-corrected chi connectivity index (χ2v) is 9.06. The lowest BCUT2D eigenvalue weighted by Crippen LogP contribution is -2.50. The van der Waals surface area contributed by atoms with Crippen molar-refractivity contribution >= 4 is 11.6 Å². The van der Waals surface area contributed by atoms with Crippen LogP contribution in [0.1, 0.15) is 42.0 Å². The molecule has 2 aromatic carbocycles. The molecule has 3 atom stereocenters. The number of likely N-dealkylation sites (tertiary alicyclic amines) is 1. The van der Waals surface area contributed by atoms with Gasteiger partial charge in [-0.15, -0.1) is 0 Å². The number of ether oxygens (including phenoxy) is 1. The zero-order valence-electron chi connectivity index (χ0n) is 19.5. The van der Waals surface area contributed by atoms with E-state index in [1.165, 1.54) is 5.56 Å². The van der Waals surface area contributed by atoms with Gasteiger partial charge in [0.2, 0.25) is 5.91 Å². The van der Waals surface area contributed by atoms with Gasteiger partial charge >= 0.3 is 0 Å². The minimum atomic E-state index is -0.760. The molecule has 0 radical (unpaired) electrons. The average Bonchev–Trinajstić information content (AvgIpc) is 2.85. The summed E-state index contributed by atoms with van der Waals surface area (Å²) in [6.07, 6.45) is 2.53. The van der Waals surface area contributed by atoms with E-state index in [0.717, 1.165) is 48.4 Å². The van der Waals surface area contributed by atoms with E-state index in [1.54, 1.807) is 12.0 Å². The number of β-amino-alcohol motifs (C(OH)–C–C–N with tert-alkyl or cyclic N) is 1. The van der Waals surface area contributed by atoms with E-state index in [4.69, 9.17) is 4.74 Å². The number of rotatable bonds is 8. The van der Waals surface area contributed by atoms with Crippen molar-refractivity contribution in [1.82, 2.24) is 10.2 Å². The molecule has 33 heavy (non-hydrogen) atoms. The molecule has 2 aliphatic heterocycles. The number of anilines is 1. The quantitative estimate of drug-likeness (QED) is 0.569. The van der Waals surface area contributed by atoms with Gasteiger partial charge in [-0.2, -0.15) is 0 Å². The summed E-state index contributed by atoms with van der Waals surface area (Å²) in [5.41, 5.74) is 4.32. The first kappa shape index (κ1) is 23.7. The number of carbonyl (C=O) groups excluding carboxylic acids is 1. The monoisotopic (exact) mass is 453 g/mol. The van der Waals surface area contributed by atoms with Crippen LogP contribution in [0.2, 0.25) is 0 Å². The average molecular weight is 454 g/mol. The molecule has 2 aliphatic rings. The number of nitrogens with one attached hydrogen (secondary N) is 1. The Morgan fingerprint density at radius 3 is 2.73 bits per heavy atom. The molecule has 3 N–H and O–H groups in total. The van der Waals surface area contributed by atoms with Crippen LogP contribution >= 0.6 is 0 Å². The number of methoxy groups -OCH3 is 1. The molecule has 3 unspecified atom stereocenters. The Morgan fingerprint density at radius 2 is 2.00 bits per heavy atom. The van der Waals surface area contributed by atoms with Gasteiger partial charge < -0.3 is 25.2 Å². The van der Waals surface area contributed by atoms with Crippen molar-refractivity contribution in [2.75, 3.05) is 38.8 Å². The number of carbonyl (C=O) groups is 1. The Balaban J connectivity index is 1.57. The van der Waals surface area contributed by atoms with Crippen molar-refractivity contribution in [2.24, 2.45) is 0 Å². The number of hydrogen-bond acceptors (Lipinski definition) is 6.